The quantitative estimate of drug-likeness (QED) is 0.698. The summed E-state index contributed by atoms with van der Waals surface area (Å²) < 4.78 is 10.9. The number of nitrogens with two attached hydrogens (primary N) is 1. The third kappa shape index (κ3) is 3.22. The van der Waals surface area contributed by atoms with E-state index < -0.39 is 0 Å². The van der Waals surface area contributed by atoms with Crippen molar-refractivity contribution >= 4 is 0 Å². The highest BCUT2D eigenvalue weighted by Crippen LogP contribution is 2.26. The van der Waals surface area contributed by atoms with Gasteiger partial charge in [-0.15, -0.1) is 0 Å². The molecule has 0 saturated carbocycles. The number of nitrogens with zero attached hydrogens (tertiary/aromatic N) is 2. The maximum absolute atomic E-state index is 5.98. The predicted octanol–water partition coefficient (Wildman–Crippen LogP) is 0.349. The largest absolute Gasteiger partial charge is 0.354 e. The van der Waals surface area contributed by atoms with Gasteiger partial charge >= 0.3 is 0 Å². The minimum Gasteiger partial charge on any atom is -0.354 e. The molecule has 1 unspecified atom stereocenters. The molecule has 1 atom stereocenters. The zero-order valence-corrected chi connectivity index (χ0v) is 12.5. The molecular formula is C13H29N3O2. The van der Waals surface area contributed by atoms with E-state index in [2.05, 4.69) is 30.8 Å². The lowest BCUT2D eigenvalue weighted by Crippen LogP contribution is -2.62. The molecule has 1 aliphatic heterocycles. The van der Waals surface area contributed by atoms with Crippen LogP contribution >= 0.6 is 0 Å². The monoisotopic (exact) mass is 259 g/mol. The molecule has 0 aliphatic carbocycles. The zero-order chi connectivity index (χ0) is 13.8. The number of hydrogen-bond donors (Lipinski definition) is 1. The molecule has 5 heteroatoms. The summed E-state index contributed by atoms with van der Waals surface area (Å²) >= 11 is 0. The van der Waals surface area contributed by atoms with Crippen molar-refractivity contribution in [3.05, 3.63) is 0 Å². The van der Waals surface area contributed by atoms with Crippen molar-refractivity contribution in [1.29, 1.82) is 0 Å². The number of likely N-dealkylation sites (N-methyl/N-ethyl adjacent to an activating group) is 1. The van der Waals surface area contributed by atoms with E-state index in [1.54, 1.807) is 14.2 Å². The summed E-state index contributed by atoms with van der Waals surface area (Å²) in [6, 6.07) is 0.544. The molecule has 1 aliphatic rings. The minimum absolute atomic E-state index is 0.288. The molecule has 1 heterocycles. The Labute approximate surface area is 111 Å². The van der Waals surface area contributed by atoms with E-state index in [9.17, 15) is 0 Å². The molecule has 5 nitrogen and oxygen atoms in total. The summed E-state index contributed by atoms with van der Waals surface area (Å²) in [6.07, 6.45) is 2.04. The van der Waals surface area contributed by atoms with Crippen LogP contribution in [0.1, 0.15) is 19.8 Å². The van der Waals surface area contributed by atoms with Crippen LogP contribution in [0.3, 0.4) is 0 Å². The molecule has 1 saturated heterocycles. The summed E-state index contributed by atoms with van der Waals surface area (Å²) in [4.78, 5) is 4.71. The summed E-state index contributed by atoms with van der Waals surface area (Å²) in [5.74, 6) is 0. The maximum Gasteiger partial charge on any atom is 0.176 e. The molecule has 18 heavy (non-hydrogen) atoms. The molecule has 1 rings (SSSR count). The van der Waals surface area contributed by atoms with E-state index in [-0.39, 0.29) is 11.8 Å². The van der Waals surface area contributed by atoms with Crippen LogP contribution in [0.4, 0.5) is 0 Å². The van der Waals surface area contributed by atoms with Gasteiger partial charge in [0, 0.05) is 26.8 Å². The van der Waals surface area contributed by atoms with Crippen LogP contribution in [0.15, 0.2) is 0 Å². The van der Waals surface area contributed by atoms with Crippen LogP contribution in [0.25, 0.3) is 0 Å². The second-order valence-corrected chi connectivity index (χ2v) is 5.51. The highest BCUT2D eigenvalue weighted by atomic mass is 16.7. The fraction of sp³-hybridized carbons (Fsp3) is 1.00. The first-order chi connectivity index (χ1) is 8.49. The lowest BCUT2D eigenvalue weighted by molar-refractivity contribution is -0.185. The standard InChI is InChI=1S/C13H29N3O2/c1-13(10-14,12(17-4)18-5)16(3)11-6-8-15(2)9-7-11/h11-12H,6-10,14H2,1-5H3. The van der Waals surface area contributed by atoms with Crippen LogP contribution < -0.4 is 5.73 Å². The van der Waals surface area contributed by atoms with E-state index in [1.807, 2.05) is 0 Å². The van der Waals surface area contributed by atoms with Crippen molar-refractivity contribution in [3.8, 4) is 0 Å². The molecule has 1 fully saturated rings. The Morgan fingerprint density at radius 3 is 2.22 bits per heavy atom. The van der Waals surface area contributed by atoms with Gasteiger partial charge in [-0.1, -0.05) is 0 Å². The lowest BCUT2D eigenvalue weighted by Gasteiger charge is -2.47. The molecule has 108 valence electrons. The molecule has 0 spiro atoms. The second kappa shape index (κ2) is 6.82. The molecule has 0 aromatic rings. The molecule has 2 N–H and O–H groups in total. The minimum atomic E-state index is -0.299. The number of methoxy groups -OCH3 is 2. The Hall–Kier alpha value is -0.200. The van der Waals surface area contributed by atoms with Gasteiger partial charge < -0.3 is 20.1 Å². The van der Waals surface area contributed by atoms with Crippen molar-refractivity contribution in [3.63, 3.8) is 0 Å². The molecule has 0 aromatic carbocycles. The van der Waals surface area contributed by atoms with E-state index in [0.29, 0.717) is 12.6 Å². The molecule has 0 bridgehead atoms. The summed E-state index contributed by atoms with van der Waals surface area (Å²) in [7, 11) is 7.65. The highest BCUT2D eigenvalue weighted by Gasteiger charge is 2.41. The van der Waals surface area contributed by atoms with Gasteiger partial charge in [-0.2, -0.15) is 0 Å². The molecule has 0 radical (unpaired) electrons. The number of likely N-dealkylation sites (tertiary alicyclic amines) is 1. The molecule has 0 aromatic heterocycles. The van der Waals surface area contributed by atoms with Gasteiger partial charge in [-0.25, -0.2) is 0 Å². The van der Waals surface area contributed by atoms with Crippen molar-refractivity contribution in [2.24, 2.45) is 5.73 Å². The first-order valence-electron chi connectivity index (χ1n) is 6.66. The predicted molar refractivity (Wildman–Crippen MR) is 73.5 cm³/mol. The van der Waals surface area contributed by atoms with E-state index in [4.69, 9.17) is 15.2 Å². The number of hydrogen-bond acceptors (Lipinski definition) is 5. The Bertz CT molecular complexity index is 240. The number of rotatable bonds is 6. The van der Waals surface area contributed by atoms with Gasteiger partial charge in [-0.05, 0) is 47.0 Å². The Balaban J connectivity index is 2.74. The van der Waals surface area contributed by atoms with E-state index >= 15 is 0 Å². The lowest BCUT2D eigenvalue weighted by atomic mass is 9.93. The van der Waals surface area contributed by atoms with Crippen LogP contribution in [0, 0.1) is 0 Å². The third-order valence-corrected chi connectivity index (χ3v) is 4.39. The van der Waals surface area contributed by atoms with Gasteiger partial charge in [0.15, 0.2) is 6.29 Å². The normalized spacial score (nSPS) is 22.7. The molecule has 0 amide bonds. The first-order valence-corrected chi connectivity index (χ1v) is 6.66. The van der Waals surface area contributed by atoms with Crippen LogP contribution in [-0.2, 0) is 9.47 Å². The Kier molecular flexibility index (Phi) is 6.01. The highest BCUT2D eigenvalue weighted by molar-refractivity contribution is 4.94. The fourth-order valence-corrected chi connectivity index (χ4v) is 2.81. The van der Waals surface area contributed by atoms with Gasteiger partial charge in [0.2, 0.25) is 0 Å². The van der Waals surface area contributed by atoms with Crippen molar-refractivity contribution in [1.82, 2.24) is 9.80 Å². The van der Waals surface area contributed by atoms with Crippen LogP contribution in [0.2, 0.25) is 0 Å². The topological polar surface area (TPSA) is 51.0 Å². The van der Waals surface area contributed by atoms with Gasteiger partial charge in [0.1, 0.15) is 0 Å². The van der Waals surface area contributed by atoms with Gasteiger partial charge in [-0.3, -0.25) is 4.90 Å². The van der Waals surface area contributed by atoms with Crippen molar-refractivity contribution in [2.45, 2.75) is 37.6 Å². The average Bonchev–Trinajstić information content (AvgIpc) is 2.39. The molecular weight excluding hydrogens is 230 g/mol. The second-order valence-electron chi connectivity index (χ2n) is 5.51. The Morgan fingerprint density at radius 2 is 1.83 bits per heavy atom. The van der Waals surface area contributed by atoms with Crippen molar-refractivity contribution < 1.29 is 9.47 Å². The summed E-state index contributed by atoms with van der Waals surface area (Å²) in [5, 5.41) is 0. The average molecular weight is 259 g/mol. The van der Waals surface area contributed by atoms with E-state index in [1.165, 1.54) is 12.8 Å². The zero-order valence-electron chi connectivity index (χ0n) is 12.5. The smallest absolute Gasteiger partial charge is 0.176 e. The maximum atomic E-state index is 5.98. The Morgan fingerprint density at radius 1 is 1.33 bits per heavy atom. The van der Waals surface area contributed by atoms with Gasteiger partial charge in [0.05, 0.1) is 5.54 Å². The third-order valence-electron chi connectivity index (χ3n) is 4.39. The summed E-state index contributed by atoms with van der Waals surface area (Å²) in [6.45, 7) is 4.91. The fourth-order valence-electron chi connectivity index (χ4n) is 2.81. The van der Waals surface area contributed by atoms with Crippen LogP contribution in [-0.4, -0.2) is 75.6 Å². The van der Waals surface area contributed by atoms with Crippen LogP contribution in [0.5, 0.6) is 0 Å². The first kappa shape index (κ1) is 15.9. The number of ether oxygens (including phenoxy) is 2. The SMILES string of the molecule is COC(OC)C(C)(CN)N(C)C1CCN(C)CC1. The number of piperidine rings is 1. The van der Waals surface area contributed by atoms with E-state index in [0.717, 1.165) is 13.1 Å². The van der Waals surface area contributed by atoms with Gasteiger partial charge in [0.25, 0.3) is 0 Å². The van der Waals surface area contributed by atoms with Crippen molar-refractivity contribution in [2.75, 3.05) is 47.9 Å². The summed E-state index contributed by atoms with van der Waals surface area (Å²) in [5.41, 5.74) is 5.69.